The number of aliphatic hydroxyl groups is 1. The summed E-state index contributed by atoms with van der Waals surface area (Å²) >= 11 is 0. The minimum atomic E-state index is -0.453. The molecule has 4 nitrogen and oxygen atoms in total. The summed E-state index contributed by atoms with van der Waals surface area (Å²) in [4.78, 5) is 0. The van der Waals surface area contributed by atoms with Crippen LogP contribution in [0.3, 0.4) is 0 Å². The Labute approximate surface area is 109 Å². The van der Waals surface area contributed by atoms with E-state index < -0.39 is 6.10 Å². The molecule has 1 rings (SSSR count). The largest absolute Gasteiger partial charge is 0.467 e. The SMILES string of the molecule is CCCCCCNC[C@H](O)COCc1ccco1. The lowest BCUT2D eigenvalue weighted by atomic mass is 10.2. The Morgan fingerprint density at radius 1 is 1.39 bits per heavy atom. The third kappa shape index (κ3) is 7.48. The molecule has 0 radical (unpaired) electrons. The fourth-order valence-electron chi connectivity index (χ4n) is 1.69. The van der Waals surface area contributed by atoms with Crippen molar-refractivity contribution in [3.8, 4) is 0 Å². The predicted molar refractivity (Wildman–Crippen MR) is 71.4 cm³/mol. The van der Waals surface area contributed by atoms with Gasteiger partial charge in [0.2, 0.25) is 0 Å². The van der Waals surface area contributed by atoms with E-state index in [1.807, 2.05) is 12.1 Å². The molecule has 0 fully saturated rings. The second-order valence-electron chi connectivity index (χ2n) is 4.51. The van der Waals surface area contributed by atoms with Crippen molar-refractivity contribution in [2.24, 2.45) is 0 Å². The van der Waals surface area contributed by atoms with Gasteiger partial charge in [-0.25, -0.2) is 0 Å². The number of unbranched alkanes of at least 4 members (excludes halogenated alkanes) is 3. The summed E-state index contributed by atoms with van der Waals surface area (Å²) < 4.78 is 10.5. The lowest BCUT2D eigenvalue weighted by molar-refractivity contribution is 0.0227. The highest BCUT2D eigenvalue weighted by Gasteiger charge is 2.04. The van der Waals surface area contributed by atoms with Crippen LogP contribution in [0.4, 0.5) is 0 Å². The van der Waals surface area contributed by atoms with Gasteiger partial charge in [-0.15, -0.1) is 0 Å². The standard InChI is InChI=1S/C14H25NO3/c1-2-3-4-5-8-15-10-13(16)11-17-12-14-7-6-9-18-14/h6-7,9,13,15-16H,2-5,8,10-12H2,1H3/t13-/m0/s1. The first-order valence-electron chi connectivity index (χ1n) is 6.81. The van der Waals surface area contributed by atoms with Crippen LogP contribution in [0.5, 0.6) is 0 Å². The lowest BCUT2D eigenvalue weighted by Gasteiger charge is -2.11. The molecule has 1 aromatic heterocycles. The van der Waals surface area contributed by atoms with E-state index in [9.17, 15) is 5.11 Å². The van der Waals surface area contributed by atoms with Gasteiger partial charge in [-0.3, -0.25) is 0 Å². The van der Waals surface area contributed by atoms with Gasteiger partial charge in [0.25, 0.3) is 0 Å². The quantitative estimate of drug-likeness (QED) is 0.596. The Hall–Kier alpha value is -0.840. The van der Waals surface area contributed by atoms with E-state index in [2.05, 4.69) is 12.2 Å². The van der Waals surface area contributed by atoms with Crippen LogP contribution in [0, 0.1) is 0 Å². The van der Waals surface area contributed by atoms with Gasteiger partial charge in [-0.1, -0.05) is 26.2 Å². The van der Waals surface area contributed by atoms with E-state index in [0.29, 0.717) is 19.8 Å². The molecule has 1 atom stereocenters. The molecule has 0 aliphatic rings. The minimum absolute atomic E-state index is 0.336. The topological polar surface area (TPSA) is 54.6 Å². The van der Waals surface area contributed by atoms with Gasteiger partial charge in [0.15, 0.2) is 0 Å². The van der Waals surface area contributed by atoms with E-state index in [1.165, 1.54) is 25.7 Å². The summed E-state index contributed by atoms with van der Waals surface area (Å²) in [5.41, 5.74) is 0. The van der Waals surface area contributed by atoms with Crippen LogP contribution >= 0.6 is 0 Å². The van der Waals surface area contributed by atoms with Gasteiger partial charge in [0.1, 0.15) is 12.4 Å². The molecule has 0 spiro atoms. The number of nitrogens with one attached hydrogen (secondary N) is 1. The van der Waals surface area contributed by atoms with Crippen LogP contribution in [0.15, 0.2) is 22.8 Å². The smallest absolute Gasteiger partial charge is 0.129 e. The lowest BCUT2D eigenvalue weighted by Crippen LogP contribution is -2.30. The number of hydrogen-bond acceptors (Lipinski definition) is 4. The highest BCUT2D eigenvalue weighted by molar-refractivity contribution is 4.96. The van der Waals surface area contributed by atoms with Crippen molar-refractivity contribution in [1.29, 1.82) is 0 Å². The van der Waals surface area contributed by atoms with Crippen molar-refractivity contribution in [2.75, 3.05) is 19.7 Å². The fourth-order valence-corrected chi connectivity index (χ4v) is 1.69. The molecule has 0 saturated carbocycles. The molecule has 104 valence electrons. The number of ether oxygens (including phenoxy) is 1. The molecule has 1 heterocycles. The molecule has 0 aliphatic carbocycles. The zero-order valence-corrected chi connectivity index (χ0v) is 11.2. The third-order valence-electron chi connectivity index (χ3n) is 2.72. The first kappa shape index (κ1) is 15.2. The molecule has 0 amide bonds. The van der Waals surface area contributed by atoms with E-state index in [4.69, 9.17) is 9.15 Å². The number of rotatable bonds is 11. The Bertz CT molecular complexity index is 275. The monoisotopic (exact) mass is 255 g/mol. The Morgan fingerprint density at radius 3 is 3.00 bits per heavy atom. The van der Waals surface area contributed by atoms with Crippen LogP contribution in [-0.2, 0) is 11.3 Å². The fraction of sp³-hybridized carbons (Fsp3) is 0.714. The maximum Gasteiger partial charge on any atom is 0.129 e. The van der Waals surface area contributed by atoms with Crippen molar-refractivity contribution >= 4 is 0 Å². The summed E-state index contributed by atoms with van der Waals surface area (Å²) in [7, 11) is 0. The third-order valence-corrected chi connectivity index (χ3v) is 2.72. The maximum absolute atomic E-state index is 9.66. The van der Waals surface area contributed by atoms with Crippen LogP contribution < -0.4 is 5.32 Å². The summed E-state index contributed by atoms with van der Waals surface area (Å²) in [6.45, 7) is 4.51. The second-order valence-corrected chi connectivity index (χ2v) is 4.51. The molecule has 0 aliphatic heterocycles. The van der Waals surface area contributed by atoms with E-state index >= 15 is 0 Å². The van der Waals surface area contributed by atoms with Gasteiger partial charge < -0.3 is 19.6 Å². The normalized spacial score (nSPS) is 12.8. The summed E-state index contributed by atoms with van der Waals surface area (Å²) in [5, 5.41) is 12.9. The van der Waals surface area contributed by atoms with Crippen molar-refractivity contribution in [2.45, 2.75) is 45.3 Å². The van der Waals surface area contributed by atoms with Gasteiger partial charge in [0.05, 0.1) is 19.0 Å². The number of hydrogen-bond donors (Lipinski definition) is 2. The van der Waals surface area contributed by atoms with Crippen LogP contribution in [0.1, 0.15) is 38.4 Å². The average Bonchev–Trinajstić information content (AvgIpc) is 2.87. The highest BCUT2D eigenvalue weighted by Crippen LogP contribution is 2.02. The summed E-state index contributed by atoms with van der Waals surface area (Å²) in [5.74, 6) is 0.787. The molecular formula is C14H25NO3. The van der Waals surface area contributed by atoms with Crippen molar-refractivity contribution in [3.05, 3.63) is 24.2 Å². The Balaban J connectivity index is 1.89. The molecule has 0 aromatic carbocycles. The molecule has 0 saturated heterocycles. The molecule has 2 N–H and O–H groups in total. The van der Waals surface area contributed by atoms with Crippen LogP contribution in [-0.4, -0.2) is 30.9 Å². The zero-order valence-electron chi connectivity index (χ0n) is 11.2. The van der Waals surface area contributed by atoms with E-state index in [1.54, 1.807) is 6.26 Å². The molecule has 0 unspecified atom stereocenters. The average molecular weight is 255 g/mol. The van der Waals surface area contributed by atoms with Gasteiger partial charge in [0, 0.05) is 6.54 Å². The first-order valence-corrected chi connectivity index (χ1v) is 6.81. The summed E-state index contributed by atoms with van der Waals surface area (Å²) in [6, 6.07) is 3.69. The van der Waals surface area contributed by atoms with Crippen molar-refractivity contribution < 1.29 is 14.3 Å². The van der Waals surface area contributed by atoms with Crippen molar-refractivity contribution in [3.63, 3.8) is 0 Å². The maximum atomic E-state index is 9.66. The molecule has 0 bridgehead atoms. The van der Waals surface area contributed by atoms with Crippen molar-refractivity contribution in [1.82, 2.24) is 5.32 Å². The second kappa shape index (κ2) is 10.1. The van der Waals surface area contributed by atoms with E-state index in [-0.39, 0.29) is 0 Å². The molecule has 4 heteroatoms. The Morgan fingerprint density at radius 2 is 2.28 bits per heavy atom. The highest BCUT2D eigenvalue weighted by atomic mass is 16.5. The number of furan rings is 1. The Kier molecular flexibility index (Phi) is 8.55. The molecule has 1 aromatic rings. The zero-order chi connectivity index (χ0) is 13.1. The summed E-state index contributed by atoms with van der Waals surface area (Å²) in [6.07, 6.45) is 6.14. The van der Waals surface area contributed by atoms with Crippen LogP contribution in [0.25, 0.3) is 0 Å². The predicted octanol–water partition coefficient (Wildman–Crippen LogP) is 2.33. The van der Waals surface area contributed by atoms with Crippen LogP contribution in [0.2, 0.25) is 0 Å². The van der Waals surface area contributed by atoms with E-state index in [0.717, 1.165) is 12.3 Å². The molecular weight excluding hydrogens is 230 g/mol. The molecule has 18 heavy (non-hydrogen) atoms. The van der Waals surface area contributed by atoms with Gasteiger partial charge in [-0.2, -0.15) is 0 Å². The number of aliphatic hydroxyl groups excluding tert-OH is 1. The van der Waals surface area contributed by atoms with Gasteiger partial charge in [-0.05, 0) is 25.1 Å². The minimum Gasteiger partial charge on any atom is -0.467 e. The first-order chi connectivity index (χ1) is 8.83. The van der Waals surface area contributed by atoms with Gasteiger partial charge >= 0.3 is 0 Å².